The van der Waals surface area contributed by atoms with E-state index >= 15 is 8.78 Å². The summed E-state index contributed by atoms with van der Waals surface area (Å²) in [5, 5.41) is 18.5. The van der Waals surface area contributed by atoms with Gasteiger partial charge < -0.3 is 24.5 Å². The van der Waals surface area contributed by atoms with Gasteiger partial charge in [-0.1, -0.05) is 5.16 Å². The third kappa shape index (κ3) is 5.06. The van der Waals surface area contributed by atoms with Gasteiger partial charge >= 0.3 is 6.09 Å². The normalized spacial score (nSPS) is 17.9. The number of hydroxylamine groups is 2. The number of nitro groups is 1. The molecule has 0 aliphatic carbocycles. The minimum absolute atomic E-state index is 0.00565. The number of H-pyrrole nitrogens is 1. The molecule has 3 aromatic rings. The van der Waals surface area contributed by atoms with Crippen molar-refractivity contribution in [1.82, 2.24) is 15.2 Å². The van der Waals surface area contributed by atoms with Gasteiger partial charge in [-0.2, -0.15) is 0 Å². The van der Waals surface area contributed by atoms with Crippen molar-refractivity contribution in [2.24, 2.45) is 0 Å². The van der Waals surface area contributed by atoms with E-state index in [0.717, 1.165) is 34.4 Å². The third-order valence-electron chi connectivity index (χ3n) is 5.97. The number of hydrogen-bond donors (Lipinski definition) is 2. The van der Waals surface area contributed by atoms with E-state index in [4.69, 9.17) is 14.1 Å². The van der Waals surface area contributed by atoms with Crippen LogP contribution in [0.15, 0.2) is 41.2 Å². The molecule has 2 fully saturated rings. The lowest BCUT2D eigenvalue weighted by atomic mass is 10.2. The van der Waals surface area contributed by atoms with Crippen molar-refractivity contribution >= 4 is 34.9 Å². The molecule has 2 amide bonds. The first kappa shape index (κ1) is 24.9. The van der Waals surface area contributed by atoms with E-state index in [1.165, 1.54) is 11.2 Å². The first-order chi connectivity index (χ1) is 18.3. The van der Waals surface area contributed by atoms with Gasteiger partial charge in [-0.3, -0.25) is 24.6 Å². The molecule has 4 heterocycles. The average Bonchev–Trinajstić information content (AvgIpc) is 3.61. The van der Waals surface area contributed by atoms with Crippen LogP contribution in [0.25, 0.3) is 0 Å². The maximum absolute atomic E-state index is 15.2. The maximum atomic E-state index is 15.2. The van der Waals surface area contributed by atoms with Gasteiger partial charge in [0.1, 0.15) is 23.7 Å². The van der Waals surface area contributed by atoms with Gasteiger partial charge in [0.05, 0.1) is 43.0 Å². The largest absolute Gasteiger partial charge is 0.442 e. The Morgan fingerprint density at radius 1 is 1.24 bits per heavy atom. The van der Waals surface area contributed by atoms with Gasteiger partial charge in [-0.25, -0.2) is 18.6 Å². The van der Waals surface area contributed by atoms with Crippen LogP contribution in [0.4, 0.5) is 36.5 Å². The number of benzene rings is 1. The second kappa shape index (κ2) is 10.3. The average molecular weight is 533 g/mol. The maximum Gasteiger partial charge on any atom is 0.414 e. The lowest BCUT2D eigenvalue weighted by molar-refractivity contribution is -0.384. The van der Waals surface area contributed by atoms with Crippen LogP contribution in [-0.2, 0) is 9.57 Å². The summed E-state index contributed by atoms with van der Waals surface area (Å²) in [6, 6.07) is 4.75. The Morgan fingerprint density at radius 2 is 2.03 bits per heavy atom. The highest BCUT2D eigenvalue weighted by atomic mass is 19.1. The van der Waals surface area contributed by atoms with E-state index in [1.54, 1.807) is 6.07 Å². The molecule has 0 saturated carbocycles. The van der Waals surface area contributed by atoms with E-state index in [0.29, 0.717) is 5.82 Å². The van der Waals surface area contributed by atoms with Gasteiger partial charge in [0.15, 0.2) is 17.5 Å². The number of ether oxygens (including phenoxy) is 1. The van der Waals surface area contributed by atoms with E-state index < -0.39 is 34.7 Å². The predicted octanol–water partition coefficient (Wildman–Crippen LogP) is 2.52. The Kier molecular flexibility index (Phi) is 6.78. The minimum atomic E-state index is -0.906. The van der Waals surface area contributed by atoms with Crippen LogP contribution in [0.1, 0.15) is 10.5 Å². The van der Waals surface area contributed by atoms with Gasteiger partial charge in [0, 0.05) is 37.4 Å². The Labute approximate surface area is 212 Å². The quantitative estimate of drug-likeness (QED) is 0.341. The number of amides is 2. The van der Waals surface area contributed by atoms with Crippen molar-refractivity contribution in [3.05, 3.63) is 64.2 Å². The van der Waals surface area contributed by atoms with E-state index in [1.807, 2.05) is 0 Å². The zero-order valence-corrected chi connectivity index (χ0v) is 19.6. The zero-order chi connectivity index (χ0) is 26.8. The standard InChI is InChI=1S/C22H21F2N7O7/c23-16-7-13(29-12-15(38-22(29)33)11-26-19-1-5-36-27-19)8-17(24)20(16)28-2-3-30(37-6-4-28)21(32)18-9-14(10-25-18)31(34)35/h1,5,7-10,15,25H,2-4,6,11-12H2,(H,26,27)/t15-/m0/s1. The van der Waals surface area contributed by atoms with Crippen LogP contribution in [0.2, 0.25) is 0 Å². The molecule has 5 rings (SSSR count). The number of rotatable bonds is 7. The van der Waals surface area contributed by atoms with Crippen LogP contribution in [0.5, 0.6) is 0 Å². The summed E-state index contributed by atoms with van der Waals surface area (Å²) in [5.74, 6) is -2.01. The number of anilines is 3. The number of cyclic esters (lactones) is 1. The van der Waals surface area contributed by atoms with Crippen molar-refractivity contribution in [3.8, 4) is 0 Å². The molecule has 14 nitrogen and oxygen atoms in total. The summed E-state index contributed by atoms with van der Waals surface area (Å²) < 4.78 is 40.3. The van der Waals surface area contributed by atoms with Crippen LogP contribution < -0.4 is 15.1 Å². The van der Waals surface area contributed by atoms with Gasteiger partial charge in [-0.05, 0) is 0 Å². The van der Waals surface area contributed by atoms with E-state index in [2.05, 4.69) is 15.5 Å². The molecule has 16 heteroatoms. The van der Waals surface area contributed by atoms with E-state index in [9.17, 15) is 19.7 Å². The first-order valence-corrected chi connectivity index (χ1v) is 11.4. The molecule has 1 aromatic carbocycles. The molecule has 2 aliphatic heterocycles. The number of aromatic amines is 1. The summed E-state index contributed by atoms with van der Waals surface area (Å²) in [5.41, 5.74) is -0.680. The number of carbonyl (C=O) groups excluding carboxylic acids is 2. The zero-order valence-electron chi connectivity index (χ0n) is 19.6. The highest BCUT2D eigenvalue weighted by Crippen LogP contribution is 2.31. The van der Waals surface area contributed by atoms with Crippen LogP contribution >= 0.6 is 0 Å². The van der Waals surface area contributed by atoms with Crippen molar-refractivity contribution in [3.63, 3.8) is 0 Å². The van der Waals surface area contributed by atoms with Gasteiger partial charge in [0.2, 0.25) is 0 Å². The summed E-state index contributed by atoms with van der Waals surface area (Å²) in [6.45, 7) is 0.218. The van der Waals surface area contributed by atoms with E-state index in [-0.39, 0.29) is 62.1 Å². The molecular weight excluding hydrogens is 512 g/mol. The van der Waals surface area contributed by atoms with Crippen LogP contribution in [-0.4, -0.2) is 77.6 Å². The molecule has 2 aliphatic rings. The fourth-order valence-electron chi connectivity index (χ4n) is 4.15. The Bertz CT molecular complexity index is 1330. The Morgan fingerprint density at radius 3 is 2.71 bits per heavy atom. The smallest absolute Gasteiger partial charge is 0.414 e. The molecule has 2 N–H and O–H groups in total. The van der Waals surface area contributed by atoms with Crippen molar-refractivity contribution < 1.29 is 37.4 Å². The molecule has 0 unspecified atom stereocenters. The molecule has 0 spiro atoms. The molecule has 0 bridgehead atoms. The molecule has 2 aromatic heterocycles. The fourth-order valence-corrected chi connectivity index (χ4v) is 4.15. The summed E-state index contributed by atoms with van der Waals surface area (Å²) in [7, 11) is 0. The molecular formula is C22H21F2N7O7. The van der Waals surface area contributed by atoms with Crippen LogP contribution in [0, 0.1) is 21.7 Å². The lowest BCUT2D eigenvalue weighted by Gasteiger charge is -2.24. The third-order valence-corrected chi connectivity index (χ3v) is 5.97. The molecule has 200 valence electrons. The number of halogens is 2. The SMILES string of the molecule is O=C(c1cc([N+](=O)[O-])c[nH]1)N1CCN(c2c(F)cc(N3C[C@H](CNc4ccon4)OC3=O)cc2F)CCO1. The van der Waals surface area contributed by atoms with Crippen molar-refractivity contribution in [2.75, 3.05) is 54.4 Å². The Hall–Kier alpha value is -4.73. The number of carbonyl (C=O) groups is 2. The fraction of sp³-hybridized carbons (Fsp3) is 0.318. The number of nitrogens with zero attached hydrogens (tertiary/aromatic N) is 5. The lowest BCUT2D eigenvalue weighted by Crippen LogP contribution is -2.35. The summed E-state index contributed by atoms with van der Waals surface area (Å²) >= 11 is 0. The topological polar surface area (TPSA) is 159 Å². The summed E-state index contributed by atoms with van der Waals surface area (Å²) in [6.07, 6.45) is 1.13. The second-order valence-electron chi connectivity index (χ2n) is 8.40. The molecule has 1 atom stereocenters. The molecule has 2 saturated heterocycles. The molecule has 38 heavy (non-hydrogen) atoms. The Balaban J connectivity index is 1.24. The highest BCUT2D eigenvalue weighted by molar-refractivity contribution is 5.92. The minimum Gasteiger partial charge on any atom is -0.442 e. The van der Waals surface area contributed by atoms with Crippen molar-refractivity contribution in [1.29, 1.82) is 0 Å². The van der Waals surface area contributed by atoms with Gasteiger partial charge in [-0.15, -0.1) is 0 Å². The van der Waals surface area contributed by atoms with Gasteiger partial charge in [0.25, 0.3) is 11.6 Å². The van der Waals surface area contributed by atoms with Crippen molar-refractivity contribution in [2.45, 2.75) is 6.10 Å². The summed E-state index contributed by atoms with van der Waals surface area (Å²) in [4.78, 5) is 45.7. The van der Waals surface area contributed by atoms with Crippen LogP contribution in [0.3, 0.4) is 0 Å². The number of aromatic nitrogens is 2. The number of nitrogens with one attached hydrogen (secondary N) is 2. The monoisotopic (exact) mass is 533 g/mol. The predicted molar refractivity (Wildman–Crippen MR) is 126 cm³/mol. The second-order valence-corrected chi connectivity index (χ2v) is 8.40. The molecule has 0 radical (unpaired) electrons. The first-order valence-electron chi connectivity index (χ1n) is 11.4. The number of hydrogen-bond acceptors (Lipinski definition) is 10. The highest BCUT2D eigenvalue weighted by Gasteiger charge is 2.34.